The number of benzene rings is 2. The third-order valence-electron chi connectivity index (χ3n) is 4.75. The maximum Gasteiger partial charge on any atom is 0.193 e. The van der Waals surface area contributed by atoms with Crippen LogP contribution in [-0.4, -0.2) is 5.78 Å². The van der Waals surface area contributed by atoms with Crippen molar-refractivity contribution in [2.75, 3.05) is 11.5 Å². The summed E-state index contributed by atoms with van der Waals surface area (Å²) in [6.07, 6.45) is 3.29. The fraction of sp³-hybridized carbons (Fsp3) is 0.381. The highest BCUT2D eigenvalue weighted by atomic mass is 16.1. The van der Waals surface area contributed by atoms with Crippen LogP contribution in [0.5, 0.6) is 0 Å². The Balaban J connectivity index is 2.57. The molecular formula is C21H28N2O. The summed E-state index contributed by atoms with van der Waals surface area (Å²) in [4.78, 5) is 13.1. The molecule has 0 aliphatic rings. The normalized spacial score (nSPS) is 10.8. The first-order valence-electron chi connectivity index (χ1n) is 8.83. The van der Waals surface area contributed by atoms with E-state index in [0.717, 1.165) is 59.3 Å². The molecule has 3 heteroatoms. The van der Waals surface area contributed by atoms with Crippen molar-refractivity contribution in [1.29, 1.82) is 0 Å². The van der Waals surface area contributed by atoms with Crippen LogP contribution >= 0.6 is 0 Å². The van der Waals surface area contributed by atoms with Crippen LogP contribution in [0.15, 0.2) is 24.3 Å². The Bertz CT molecular complexity index is 649. The summed E-state index contributed by atoms with van der Waals surface area (Å²) < 4.78 is 0. The molecule has 0 fully saturated rings. The molecule has 0 radical (unpaired) electrons. The minimum atomic E-state index is 0.0452. The van der Waals surface area contributed by atoms with Gasteiger partial charge in [-0.1, -0.05) is 27.7 Å². The van der Waals surface area contributed by atoms with Gasteiger partial charge >= 0.3 is 0 Å². The highest BCUT2D eigenvalue weighted by molar-refractivity contribution is 6.10. The van der Waals surface area contributed by atoms with Crippen molar-refractivity contribution in [1.82, 2.24) is 0 Å². The predicted octanol–water partition coefficient (Wildman–Crippen LogP) is 4.33. The summed E-state index contributed by atoms with van der Waals surface area (Å²) in [5.74, 6) is 0.0452. The minimum absolute atomic E-state index is 0.0452. The van der Waals surface area contributed by atoms with Crippen molar-refractivity contribution >= 4 is 17.2 Å². The summed E-state index contributed by atoms with van der Waals surface area (Å²) >= 11 is 0. The lowest BCUT2D eigenvalue weighted by atomic mass is 9.92. The molecule has 4 N–H and O–H groups in total. The Hall–Kier alpha value is -2.29. The zero-order valence-corrected chi connectivity index (χ0v) is 15.2. The number of hydrogen-bond acceptors (Lipinski definition) is 3. The van der Waals surface area contributed by atoms with E-state index in [0.29, 0.717) is 11.1 Å². The van der Waals surface area contributed by atoms with Gasteiger partial charge in [-0.05, 0) is 72.2 Å². The van der Waals surface area contributed by atoms with Crippen molar-refractivity contribution in [2.45, 2.75) is 53.4 Å². The summed E-state index contributed by atoms with van der Waals surface area (Å²) in [6.45, 7) is 8.25. The third-order valence-corrected chi connectivity index (χ3v) is 4.75. The third kappa shape index (κ3) is 3.30. The van der Waals surface area contributed by atoms with Crippen molar-refractivity contribution in [3.05, 3.63) is 57.6 Å². The number of hydrogen-bond donors (Lipinski definition) is 2. The molecule has 128 valence electrons. The van der Waals surface area contributed by atoms with Crippen molar-refractivity contribution in [3.8, 4) is 0 Å². The van der Waals surface area contributed by atoms with Gasteiger partial charge in [-0.3, -0.25) is 4.79 Å². The van der Waals surface area contributed by atoms with E-state index in [-0.39, 0.29) is 5.78 Å². The maximum absolute atomic E-state index is 13.1. The Kier molecular flexibility index (Phi) is 5.66. The van der Waals surface area contributed by atoms with E-state index in [1.54, 1.807) is 0 Å². The van der Waals surface area contributed by atoms with Crippen LogP contribution in [0.2, 0.25) is 0 Å². The smallest absolute Gasteiger partial charge is 0.193 e. The highest BCUT2D eigenvalue weighted by Gasteiger charge is 2.16. The Morgan fingerprint density at radius 3 is 1.12 bits per heavy atom. The van der Waals surface area contributed by atoms with Crippen LogP contribution in [0.1, 0.15) is 65.9 Å². The van der Waals surface area contributed by atoms with E-state index in [4.69, 9.17) is 11.5 Å². The molecule has 0 atom stereocenters. The number of ketones is 1. The number of aryl methyl sites for hydroxylation is 4. The molecule has 3 nitrogen and oxygen atoms in total. The molecule has 0 bridgehead atoms. The first-order chi connectivity index (χ1) is 11.5. The average molecular weight is 324 g/mol. The van der Waals surface area contributed by atoms with E-state index in [1.807, 2.05) is 24.3 Å². The molecule has 2 aromatic carbocycles. The summed E-state index contributed by atoms with van der Waals surface area (Å²) in [5.41, 5.74) is 19.6. The zero-order chi connectivity index (χ0) is 17.9. The number of anilines is 2. The largest absolute Gasteiger partial charge is 0.398 e. The molecular weight excluding hydrogens is 296 g/mol. The Morgan fingerprint density at radius 1 is 0.667 bits per heavy atom. The predicted molar refractivity (Wildman–Crippen MR) is 103 cm³/mol. The number of nitrogens with two attached hydrogens (primary N) is 2. The fourth-order valence-corrected chi connectivity index (χ4v) is 3.16. The van der Waals surface area contributed by atoms with E-state index in [2.05, 4.69) is 27.7 Å². The van der Waals surface area contributed by atoms with Gasteiger partial charge in [0.1, 0.15) is 0 Å². The molecule has 0 aromatic heterocycles. The Labute approximate surface area is 145 Å². The van der Waals surface area contributed by atoms with Gasteiger partial charge in [0.15, 0.2) is 5.78 Å². The number of carbonyl (C=O) groups is 1. The van der Waals surface area contributed by atoms with Gasteiger partial charge in [-0.2, -0.15) is 0 Å². The van der Waals surface area contributed by atoms with Crippen LogP contribution in [0, 0.1) is 0 Å². The van der Waals surface area contributed by atoms with Crippen molar-refractivity contribution in [3.63, 3.8) is 0 Å². The van der Waals surface area contributed by atoms with E-state index >= 15 is 0 Å². The molecule has 0 amide bonds. The van der Waals surface area contributed by atoms with Gasteiger partial charge in [0.05, 0.1) is 0 Å². The standard InChI is InChI=1S/C21H28N2O/c1-5-13-9-17(10-14(6-2)19(13)22)21(24)18-11-15(7-3)20(23)16(8-4)12-18/h9-12H,5-8,22-23H2,1-4H3. The van der Waals surface area contributed by atoms with Crippen LogP contribution < -0.4 is 11.5 Å². The van der Waals surface area contributed by atoms with E-state index in [9.17, 15) is 4.79 Å². The molecule has 2 rings (SSSR count). The van der Waals surface area contributed by atoms with E-state index in [1.165, 1.54) is 0 Å². The van der Waals surface area contributed by atoms with Gasteiger partial charge in [-0.25, -0.2) is 0 Å². The Morgan fingerprint density at radius 2 is 0.917 bits per heavy atom. The van der Waals surface area contributed by atoms with Crippen LogP contribution in [0.25, 0.3) is 0 Å². The quantitative estimate of drug-likeness (QED) is 0.614. The molecule has 0 heterocycles. The molecule has 24 heavy (non-hydrogen) atoms. The SMILES string of the molecule is CCc1cc(C(=O)c2cc(CC)c(N)c(CC)c2)cc(CC)c1N. The molecule has 0 spiro atoms. The summed E-state index contributed by atoms with van der Waals surface area (Å²) in [5, 5.41) is 0. The molecule has 0 aliphatic heterocycles. The second kappa shape index (κ2) is 7.52. The second-order valence-corrected chi connectivity index (χ2v) is 6.16. The van der Waals surface area contributed by atoms with Gasteiger partial charge in [-0.15, -0.1) is 0 Å². The van der Waals surface area contributed by atoms with Crippen molar-refractivity contribution < 1.29 is 4.79 Å². The molecule has 2 aromatic rings. The zero-order valence-electron chi connectivity index (χ0n) is 15.2. The van der Waals surface area contributed by atoms with Crippen molar-refractivity contribution in [2.24, 2.45) is 0 Å². The molecule has 0 saturated heterocycles. The van der Waals surface area contributed by atoms with Gasteiger partial charge < -0.3 is 11.5 Å². The number of rotatable bonds is 6. The molecule has 0 unspecified atom stereocenters. The van der Waals surface area contributed by atoms with Gasteiger partial charge in [0.2, 0.25) is 0 Å². The molecule has 0 aliphatic carbocycles. The fourth-order valence-electron chi connectivity index (χ4n) is 3.16. The average Bonchev–Trinajstić information content (AvgIpc) is 2.61. The second-order valence-electron chi connectivity index (χ2n) is 6.16. The first kappa shape index (κ1) is 18.1. The van der Waals surface area contributed by atoms with Crippen LogP contribution in [0.4, 0.5) is 11.4 Å². The lowest BCUT2D eigenvalue weighted by Crippen LogP contribution is -2.09. The topological polar surface area (TPSA) is 69.1 Å². The number of nitrogen functional groups attached to an aromatic ring is 2. The minimum Gasteiger partial charge on any atom is -0.398 e. The lowest BCUT2D eigenvalue weighted by Gasteiger charge is -2.14. The van der Waals surface area contributed by atoms with Crippen LogP contribution in [0.3, 0.4) is 0 Å². The summed E-state index contributed by atoms with van der Waals surface area (Å²) in [7, 11) is 0. The molecule has 0 saturated carbocycles. The first-order valence-corrected chi connectivity index (χ1v) is 8.83. The lowest BCUT2D eigenvalue weighted by molar-refractivity contribution is 0.103. The van der Waals surface area contributed by atoms with Crippen LogP contribution in [-0.2, 0) is 25.7 Å². The monoisotopic (exact) mass is 324 g/mol. The van der Waals surface area contributed by atoms with Gasteiger partial charge in [0, 0.05) is 22.5 Å². The number of carbonyl (C=O) groups excluding carboxylic acids is 1. The van der Waals surface area contributed by atoms with E-state index < -0.39 is 0 Å². The highest BCUT2D eigenvalue weighted by Crippen LogP contribution is 2.26. The summed E-state index contributed by atoms with van der Waals surface area (Å²) in [6, 6.07) is 7.74. The van der Waals surface area contributed by atoms with Gasteiger partial charge in [0.25, 0.3) is 0 Å². The maximum atomic E-state index is 13.1.